The van der Waals surface area contributed by atoms with Crippen LogP contribution < -0.4 is 0 Å². The maximum atomic E-state index is 11.1. The molecule has 4 heteroatoms. The van der Waals surface area contributed by atoms with Crippen molar-refractivity contribution >= 4 is 11.9 Å². The number of carbonyl (C=O) groups is 2. The number of carboxylic acid groups (broad SMARTS) is 2. The van der Waals surface area contributed by atoms with Crippen molar-refractivity contribution in [1.29, 1.82) is 0 Å². The average Bonchev–Trinajstić information content (AvgIpc) is 2.72. The van der Waals surface area contributed by atoms with Gasteiger partial charge in [0, 0.05) is 0 Å². The topological polar surface area (TPSA) is 74.6 Å². The van der Waals surface area contributed by atoms with Gasteiger partial charge in [-0.2, -0.15) is 0 Å². The fraction of sp³-hybridized carbons (Fsp3) is 0.818. The highest BCUT2D eigenvalue weighted by molar-refractivity contribution is 6.02. The molecule has 0 unspecified atom stereocenters. The Hall–Kier alpha value is -1.06. The predicted octanol–water partition coefficient (Wildman–Crippen LogP) is 1.74. The number of carboxylic acids is 2. The van der Waals surface area contributed by atoms with Gasteiger partial charge < -0.3 is 10.2 Å². The van der Waals surface area contributed by atoms with Gasteiger partial charge in [0.1, 0.15) is 0 Å². The first kappa shape index (κ1) is 10.5. The molecule has 0 heterocycles. The molecule has 2 rings (SSSR count). The number of fused-ring (bicyclic) bond motifs is 1. The molecule has 0 aromatic rings. The van der Waals surface area contributed by atoms with Crippen molar-refractivity contribution in [3.05, 3.63) is 0 Å². The highest BCUT2D eigenvalue weighted by Gasteiger charge is 2.74. The summed E-state index contributed by atoms with van der Waals surface area (Å²) in [6.45, 7) is 0. The second kappa shape index (κ2) is 3.51. The van der Waals surface area contributed by atoms with E-state index in [9.17, 15) is 9.59 Å². The Bertz CT molecular complexity index is 267. The molecule has 84 valence electrons. The van der Waals surface area contributed by atoms with Crippen molar-refractivity contribution in [2.24, 2.45) is 17.3 Å². The molecule has 2 aliphatic rings. The van der Waals surface area contributed by atoms with Crippen molar-refractivity contribution in [1.82, 2.24) is 0 Å². The molecule has 0 aromatic heterocycles. The van der Waals surface area contributed by atoms with Gasteiger partial charge in [0.05, 0.1) is 0 Å². The molecule has 0 aromatic carbocycles. The standard InChI is InChI=1S/C11H16O4/c12-9(13)11(10(14)15)7-5-3-1-2-4-6-8(7)11/h7-8H,1-6H2,(H,12,13)(H,14,15)/t7-,8-/m0/s1. The van der Waals surface area contributed by atoms with Crippen molar-refractivity contribution in [3.63, 3.8) is 0 Å². The predicted molar refractivity (Wildman–Crippen MR) is 52.4 cm³/mol. The van der Waals surface area contributed by atoms with Crippen LogP contribution in [-0.2, 0) is 9.59 Å². The van der Waals surface area contributed by atoms with E-state index < -0.39 is 17.4 Å². The maximum absolute atomic E-state index is 11.1. The summed E-state index contributed by atoms with van der Waals surface area (Å²) in [5.41, 5.74) is -1.44. The molecule has 0 spiro atoms. The smallest absolute Gasteiger partial charge is 0.321 e. The molecule has 2 saturated carbocycles. The number of hydrogen-bond donors (Lipinski definition) is 2. The van der Waals surface area contributed by atoms with Crippen LogP contribution in [0.4, 0.5) is 0 Å². The minimum Gasteiger partial charge on any atom is -0.480 e. The van der Waals surface area contributed by atoms with E-state index in [-0.39, 0.29) is 11.8 Å². The van der Waals surface area contributed by atoms with E-state index in [1.807, 2.05) is 0 Å². The van der Waals surface area contributed by atoms with E-state index in [1.165, 1.54) is 0 Å². The van der Waals surface area contributed by atoms with E-state index >= 15 is 0 Å². The molecule has 2 atom stereocenters. The fourth-order valence-electron chi connectivity index (χ4n) is 3.20. The van der Waals surface area contributed by atoms with E-state index in [0.717, 1.165) is 38.5 Å². The Balaban J connectivity index is 2.21. The van der Waals surface area contributed by atoms with Crippen molar-refractivity contribution in [3.8, 4) is 0 Å². The zero-order valence-corrected chi connectivity index (χ0v) is 8.61. The second-order valence-corrected chi connectivity index (χ2v) is 4.68. The fourth-order valence-corrected chi connectivity index (χ4v) is 3.20. The normalized spacial score (nSPS) is 33.3. The molecule has 0 saturated heterocycles. The van der Waals surface area contributed by atoms with Gasteiger partial charge in [-0.05, 0) is 24.7 Å². The van der Waals surface area contributed by atoms with Crippen LogP contribution in [0.2, 0.25) is 0 Å². The summed E-state index contributed by atoms with van der Waals surface area (Å²) in [6.07, 6.45) is 5.70. The molecule has 2 aliphatic carbocycles. The molecule has 2 N–H and O–H groups in total. The highest BCUT2D eigenvalue weighted by atomic mass is 16.4. The third kappa shape index (κ3) is 1.34. The van der Waals surface area contributed by atoms with Gasteiger partial charge >= 0.3 is 11.9 Å². The molecular formula is C11H16O4. The van der Waals surface area contributed by atoms with Crippen LogP contribution in [0.15, 0.2) is 0 Å². The Kier molecular flexibility index (Phi) is 2.44. The van der Waals surface area contributed by atoms with Gasteiger partial charge in [-0.3, -0.25) is 9.59 Å². The van der Waals surface area contributed by atoms with Gasteiger partial charge in [0.25, 0.3) is 0 Å². The van der Waals surface area contributed by atoms with Gasteiger partial charge in [0.2, 0.25) is 0 Å². The number of aliphatic carboxylic acids is 2. The second-order valence-electron chi connectivity index (χ2n) is 4.68. The highest BCUT2D eigenvalue weighted by Crippen LogP contribution is 2.64. The van der Waals surface area contributed by atoms with Crippen molar-refractivity contribution in [2.45, 2.75) is 38.5 Å². The van der Waals surface area contributed by atoms with Crippen molar-refractivity contribution in [2.75, 3.05) is 0 Å². The Morgan fingerprint density at radius 2 is 1.27 bits per heavy atom. The first-order valence-corrected chi connectivity index (χ1v) is 5.58. The van der Waals surface area contributed by atoms with Crippen LogP contribution >= 0.6 is 0 Å². The maximum Gasteiger partial charge on any atom is 0.321 e. The molecular weight excluding hydrogens is 196 g/mol. The summed E-state index contributed by atoms with van der Waals surface area (Å²) in [4.78, 5) is 22.3. The zero-order chi connectivity index (χ0) is 11.1. The molecule has 4 nitrogen and oxygen atoms in total. The average molecular weight is 212 g/mol. The number of rotatable bonds is 2. The zero-order valence-electron chi connectivity index (χ0n) is 8.61. The van der Waals surface area contributed by atoms with Crippen molar-refractivity contribution < 1.29 is 19.8 Å². The summed E-state index contributed by atoms with van der Waals surface area (Å²) in [5, 5.41) is 18.2. The third-order valence-corrected chi connectivity index (χ3v) is 4.03. The first-order chi connectivity index (χ1) is 7.11. The van der Waals surface area contributed by atoms with Gasteiger partial charge in [-0.15, -0.1) is 0 Å². The van der Waals surface area contributed by atoms with Crippen LogP contribution in [0.1, 0.15) is 38.5 Å². The van der Waals surface area contributed by atoms with E-state index in [4.69, 9.17) is 10.2 Å². The summed E-state index contributed by atoms with van der Waals surface area (Å²) in [5.74, 6) is -2.50. The van der Waals surface area contributed by atoms with Crippen LogP contribution in [0.3, 0.4) is 0 Å². The first-order valence-electron chi connectivity index (χ1n) is 5.58. The lowest BCUT2D eigenvalue weighted by molar-refractivity contribution is -0.158. The van der Waals surface area contributed by atoms with Gasteiger partial charge in [-0.25, -0.2) is 0 Å². The lowest BCUT2D eigenvalue weighted by atomic mass is 10.0. The van der Waals surface area contributed by atoms with E-state index in [1.54, 1.807) is 0 Å². The Morgan fingerprint density at radius 1 is 0.867 bits per heavy atom. The summed E-state index contributed by atoms with van der Waals surface area (Å²) in [7, 11) is 0. The van der Waals surface area contributed by atoms with Crippen LogP contribution in [-0.4, -0.2) is 22.2 Å². The molecule has 0 bridgehead atoms. The lowest BCUT2D eigenvalue weighted by Gasteiger charge is -2.05. The van der Waals surface area contributed by atoms with Gasteiger partial charge in [-0.1, -0.05) is 25.7 Å². The monoisotopic (exact) mass is 212 g/mol. The Morgan fingerprint density at radius 3 is 1.60 bits per heavy atom. The van der Waals surface area contributed by atoms with E-state index in [2.05, 4.69) is 0 Å². The van der Waals surface area contributed by atoms with Crippen LogP contribution in [0.25, 0.3) is 0 Å². The minimum absolute atomic E-state index is 0.118. The summed E-state index contributed by atoms with van der Waals surface area (Å²) in [6, 6.07) is 0. The SMILES string of the molecule is O=C(O)C1(C(=O)O)[C@H]2CCCCCC[C@@H]21. The molecule has 15 heavy (non-hydrogen) atoms. The van der Waals surface area contributed by atoms with Crippen LogP contribution in [0, 0.1) is 17.3 Å². The third-order valence-electron chi connectivity index (χ3n) is 4.03. The molecule has 0 radical (unpaired) electrons. The molecule has 0 amide bonds. The Labute approximate surface area is 88.3 Å². The molecule has 2 fully saturated rings. The number of hydrogen-bond acceptors (Lipinski definition) is 2. The molecule has 0 aliphatic heterocycles. The quantitative estimate of drug-likeness (QED) is 0.684. The summed E-state index contributed by atoms with van der Waals surface area (Å²) < 4.78 is 0. The van der Waals surface area contributed by atoms with Crippen LogP contribution in [0.5, 0.6) is 0 Å². The summed E-state index contributed by atoms with van der Waals surface area (Å²) >= 11 is 0. The minimum atomic E-state index is -1.44. The lowest BCUT2D eigenvalue weighted by Crippen LogP contribution is -2.29. The largest absolute Gasteiger partial charge is 0.480 e. The van der Waals surface area contributed by atoms with E-state index in [0.29, 0.717) is 0 Å². The van der Waals surface area contributed by atoms with Gasteiger partial charge in [0.15, 0.2) is 5.41 Å².